The summed E-state index contributed by atoms with van der Waals surface area (Å²) in [5, 5.41) is 22.6. The number of aliphatic hydroxyl groups excluding tert-OH is 1. The van der Waals surface area contributed by atoms with Gasteiger partial charge in [0, 0.05) is 5.39 Å². The molecule has 3 aromatic rings. The van der Waals surface area contributed by atoms with Crippen LogP contribution in [0.1, 0.15) is 16.1 Å². The molecular formula is C19H18N2O3. The summed E-state index contributed by atoms with van der Waals surface area (Å²) in [6, 6.07) is 17.4. The van der Waals surface area contributed by atoms with Gasteiger partial charge in [-0.25, -0.2) is 4.98 Å². The Labute approximate surface area is 139 Å². The van der Waals surface area contributed by atoms with Crippen LogP contribution in [0.4, 0.5) is 0 Å². The molecule has 5 heteroatoms. The molecule has 122 valence electrons. The van der Waals surface area contributed by atoms with E-state index in [0.29, 0.717) is 12.1 Å². The molecule has 0 saturated carbocycles. The normalized spacial score (nSPS) is 12.0. The third kappa shape index (κ3) is 3.70. The Balaban J connectivity index is 1.72. The number of nitrogens with zero attached hydrogens (tertiary/aromatic N) is 1. The number of para-hydroxylation sites is 1. The number of amides is 1. The Morgan fingerprint density at radius 1 is 1.04 bits per heavy atom. The number of hydrogen-bond donors (Lipinski definition) is 3. The second-order valence-electron chi connectivity index (χ2n) is 5.61. The van der Waals surface area contributed by atoms with Crippen LogP contribution < -0.4 is 5.32 Å². The van der Waals surface area contributed by atoms with Gasteiger partial charge in [-0.1, -0.05) is 36.4 Å². The minimum absolute atomic E-state index is 0.180. The van der Waals surface area contributed by atoms with Crippen LogP contribution in [0, 0.1) is 0 Å². The molecule has 0 unspecified atom stereocenters. The van der Waals surface area contributed by atoms with E-state index in [0.717, 1.165) is 16.5 Å². The molecule has 0 fully saturated rings. The average molecular weight is 322 g/mol. The van der Waals surface area contributed by atoms with Crippen LogP contribution in [0.15, 0.2) is 60.7 Å². The molecule has 0 radical (unpaired) electrons. The summed E-state index contributed by atoms with van der Waals surface area (Å²) in [7, 11) is 0. The van der Waals surface area contributed by atoms with Crippen molar-refractivity contribution in [2.75, 3.05) is 6.61 Å². The average Bonchev–Trinajstić information content (AvgIpc) is 2.62. The molecule has 0 aliphatic carbocycles. The summed E-state index contributed by atoms with van der Waals surface area (Å²) in [5.41, 5.74) is 1.99. The van der Waals surface area contributed by atoms with Gasteiger partial charge in [-0.2, -0.15) is 0 Å². The second-order valence-corrected chi connectivity index (χ2v) is 5.61. The van der Waals surface area contributed by atoms with Crippen molar-refractivity contribution in [3.05, 3.63) is 71.9 Å². The van der Waals surface area contributed by atoms with E-state index in [1.807, 2.05) is 30.3 Å². The predicted octanol–water partition coefficient (Wildman–Crippen LogP) is 2.27. The highest BCUT2D eigenvalue weighted by Gasteiger charge is 2.15. The predicted molar refractivity (Wildman–Crippen MR) is 91.9 cm³/mol. The standard InChI is InChI=1S/C19H18N2O3/c22-12-15(11-13-5-8-16(23)9-6-13)20-19(24)18-10-7-14-3-1-2-4-17(14)21-18/h1-10,15,22-23H,11-12H2,(H,20,24)/t15-/m0/s1. The maximum absolute atomic E-state index is 12.4. The number of carbonyl (C=O) groups is 1. The van der Waals surface area contributed by atoms with Gasteiger partial charge in [0.15, 0.2) is 0 Å². The van der Waals surface area contributed by atoms with Crippen molar-refractivity contribution in [2.45, 2.75) is 12.5 Å². The van der Waals surface area contributed by atoms with Crippen molar-refractivity contribution in [2.24, 2.45) is 0 Å². The Kier molecular flexibility index (Phi) is 4.72. The maximum Gasteiger partial charge on any atom is 0.270 e. The van der Waals surface area contributed by atoms with Crippen LogP contribution in [-0.4, -0.2) is 33.8 Å². The van der Waals surface area contributed by atoms with E-state index < -0.39 is 6.04 Å². The summed E-state index contributed by atoms with van der Waals surface area (Å²) in [6.07, 6.45) is 0.468. The lowest BCUT2D eigenvalue weighted by Crippen LogP contribution is -2.39. The van der Waals surface area contributed by atoms with E-state index in [2.05, 4.69) is 10.3 Å². The quantitative estimate of drug-likeness (QED) is 0.673. The van der Waals surface area contributed by atoms with Gasteiger partial charge in [0.25, 0.3) is 5.91 Å². The number of benzene rings is 2. The molecule has 0 aliphatic rings. The number of fused-ring (bicyclic) bond motifs is 1. The zero-order valence-electron chi connectivity index (χ0n) is 13.0. The van der Waals surface area contributed by atoms with Crippen LogP contribution in [0.3, 0.4) is 0 Å². The van der Waals surface area contributed by atoms with E-state index in [-0.39, 0.29) is 18.3 Å². The van der Waals surface area contributed by atoms with Gasteiger partial charge in [0.05, 0.1) is 18.2 Å². The van der Waals surface area contributed by atoms with Crippen molar-refractivity contribution in [1.29, 1.82) is 0 Å². The van der Waals surface area contributed by atoms with Crippen LogP contribution >= 0.6 is 0 Å². The molecule has 3 rings (SSSR count). The Morgan fingerprint density at radius 2 is 1.79 bits per heavy atom. The molecule has 1 amide bonds. The SMILES string of the molecule is O=C(N[C@H](CO)Cc1ccc(O)cc1)c1ccc2ccccc2n1. The van der Waals surface area contributed by atoms with E-state index in [4.69, 9.17) is 0 Å². The number of aromatic hydroxyl groups is 1. The summed E-state index contributed by atoms with van der Waals surface area (Å²) in [4.78, 5) is 16.7. The molecule has 5 nitrogen and oxygen atoms in total. The van der Waals surface area contributed by atoms with Gasteiger partial charge in [-0.3, -0.25) is 4.79 Å². The first kappa shape index (κ1) is 16.0. The zero-order valence-corrected chi connectivity index (χ0v) is 13.0. The number of pyridine rings is 1. The van der Waals surface area contributed by atoms with Crippen molar-refractivity contribution in [3.8, 4) is 5.75 Å². The van der Waals surface area contributed by atoms with Gasteiger partial charge in [-0.05, 0) is 36.2 Å². The van der Waals surface area contributed by atoms with Crippen molar-refractivity contribution in [1.82, 2.24) is 10.3 Å². The van der Waals surface area contributed by atoms with Crippen molar-refractivity contribution < 1.29 is 15.0 Å². The first-order valence-corrected chi connectivity index (χ1v) is 7.71. The molecule has 0 aliphatic heterocycles. The number of aromatic nitrogens is 1. The molecule has 24 heavy (non-hydrogen) atoms. The molecule has 0 saturated heterocycles. The summed E-state index contributed by atoms with van der Waals surface area (Å²) < 4.78 is 0. The van der Waals surface area contributed by atoms with Crippen LogP contribution in [-0.2, 0) is 6.42 Å². The number of nitrogens with one attached hydrogen (secondary N) is 1. The fraction of sp³-hybridized carbons (Fsp3) is 0.158. The highest BCUT2D eigenvalue weighted by molar-refractivity contribution is 5.95. The lowest BCUT2D eigenvalue weighted by molar-refractivity contribution is 0.0912. The fourth-order valence-corrected chi connectivity index (χ4v) is 2.53. The number of carbonyl (C=O) groups excluding carboxylic acids is 1. The summed E-state index contributed by atoms with van der Waals surface area (Å²) >= 11 is 0. The van der Waals surface area contributed by atoms with Gasteiger partial charge < -0.3 is 15.5 Å². The lowest BCUT2D eigenvalue weighted by atomic mass is 10.1. The van der Waals surface area contributed by atoms with E-state index in [9.17, 15) is 15.0 Å². The zero-order chi connectivity index (χ0) is 16.9. The minimum atomic E-state index is -0.421. The Hall–Kier alpha value is -2.92. The second kappa shape index (κ2) is 7.10. The number of aliphatic hydroxyl groups is 1. The van der Waals surface area contributed by atoms with E-state index >= 15 is 0 Å². The molecule has 1 aromatic heterocycles. The number of phenols is 1. The van der Waals surface area contributed by atoms with Gasteiger partial charge in [0.1, 0.15) is 11.4 Å². The third-order valence-corrected chi connectivity index (χ3v) is 3.81. The Morgan fingerprint density at radius 3 is 2.54 bits per heavy atom. The van der Waals surface area contributed by atoms with Gasteiger partial charge in [-0.15, -0.1) is 0 Å². The summed E-state index contributed by atoms with van der Waals surface area (Å²) in [5.74, 6) is -0.137. The van der Waals surface area contributed by atoms with Crippen molar-refractivity contribution in [3.63, 3.8) is 0 Å². The van der Waals surface area contributed by atoms with E-state index in [1.54, 1.807) is 30.3 Å². The lowest BCUT2D eigenvalue weighted by Gasteiger charge is -2.16. The molecule has 2 aromatic carbocycles. The molecule has 3 N–H and O–H groups in total. The molecule has 1 atom stereocenters. The van der Waals surface area contributed by atoms with Crippen molar-refractivity contribution >= 4 is 16.8 Å². The van der Waals surface area contributed by atoms with Gasteiger partial charge >= 0.3 is 0 Å². The van der Waals surface area contributed by atoms with E-state index in [1.165, 1.54) is 0 Å². The monoisotopic (exact) mass is 322 g/mol. The van der Waals surface area contributed by atoms with Crippen LogP contribution in [0.5, 0.6) is 5.75 Å². The molecular weight excluding hydrogens is 304 g/mol. The number of rotatable bonds is 5. The highest BCUT2D eigenvalue weighted by atomic mass is 16.3. The molecule has 0 bridgehead atoms. The van der Waals surface area contributed by atoms with Gasteiger partial charge in [0.2, 0.25) is 0 Å². The maximum atomic E-state index is 12.4. The first-order valence-electron chi connectivity index (χ1n) is 7.71. The Bertz CT molecular complexity index is 847. The third-order valence-electron chi connectivity index (χ3n) is 3.81. The molecule has 0 spiro atoms. The largest absolute Gasteiger partial charge is 0.508 e. The van der Waals surface area contributed by atoms with Crippen LogP contribution in [0.25, 0.3) is 10.9 Å². The summed E-state index contributed by atoms with van der Waals surface area (Å²) in [6.45, 7) is -0.180. The smallest absolute Gasteiger partial charge is 0.270 e. The topological polar surface area (TPSA) is 82.5 Å². The highest BCUT2D eigenvalue weighted by Crippen LogP contribution is 2.13. The fourth-order valence-electron chi connectivity index (χ4n) is 2.53. The number of hydrogen-bond acceptors (Lipinski definition) is 4. The number of phenolic OH excluding ortho intramolecular Hbond substituents is 1. The molecule has 1 heterocycles. The van der Waals surface area contributed by atoms with Crippen LogP contribution in [0.2, 0.25) is 0 Å². The minimum Gasteiger partial charge on any atom is -0.508 e. The first-order chi connectivity index (χ1) is 11.7.